The highest BCUT2D eigenvalue weighted by Gasteiger charge is 2.29. The molecule has 18 heavy (non-hydrogen) atoms. The quantitative estimate of drug-likeness (QED) is 0.879. The third kappa shape index (κ3) is 2.74. The number of halogens is 1. The van der Waals surface area contributed by atoms with Crippen molar-refractivity contribution in [3.8, 4) is 11.1 Å². The van der Waals surface area contributed by atoms with Crippen LogP contribution < -0.4 is 5.73 Å². The fourth-order valence-electron chi connectivity index (χ4n) is 2.28. The van der Waals surface area contributed by atoms with Crippen LogP contribution >= 0.6 is 12.4 Å². The van der Waals surface area contributed by atoms with Gasteiger partial charge in [0.2, 0.25) is 0 Å². The zero-order chi connectivity index (χ0) is 11.7. The lowest BCUT2D eigenvalue weighted by atomic mass is 9.98. The van der Waals surface area contributed by atoms with Gasteiger partial charge in [-0.05, 0) is 41.5 Å². The first kappa shape index (κ1) is 13.1. The minimum Gasteiger partial charge on any atom is -0.324 e. The van der Waals surface area contributed by atoms with Crippen LogP contribution in [0.3, 0.4) is 0 Å². The molecular formula is C16H18ClN. The Balaban J connectivity index is 0.00000120. The van der Waals surface area contributed by atoms with E-state index in [0.717, 1.165) is 0 Å². The molecule has 94 valence electrons. The molecule has 1 aliphatic carbocycles. The maximum atomic E-state index is 6.25. The molecular weight excluding hydrogens is 242 g/mol. The molecule has 0 amide bonds. The Labute approximate surface area is 114 Å². The predicted molar refractivity (Wildman–Crippen MR) is 78.8 cm³/mol. The van der Waals surface area contributed by atoms with E-state index in [1.165, 1.54) is 29.5 Å². The van der Waals surface area contributed by atoms with E-state index in [1.54, 1.807) is 0 Å². The number of hydrogen-bond acceptors (Lipinski definition) is 1. The van der Waals surface area contributed by atoms with Gasteiger partial charge in [0.1, 0.15) is 0 Å². The zero-order valence-corrected chi connectivity index (χ0v) is 11.1. The molecule has 0 heterocycles. The second kappa shape index (κ2) is 5.55. The van der Waals surface area contributed by atoms with Crippen LogP contribution in [0.15, 0.2) is 54.6 Å². The van der Waals surface area contributed by atoms with Crippen LogP contribution in [0.25, 0.3) is 11.1 Å². The van der Waals surface area contributed by atoms with Crippen molar-refractivity contribution in [3.05, 3.63) is 60.2 Å². The summed E-state index contributed by atoms with van der Waals surface area (Å²) in [4.78, 5) is 0. The summed E-state index contributed by atoms with van der Waals surface area (Å²) < 4.78 is 0. The molecule has 0 bridgehead atoms. The van der Waals surface area contributed by atoms with Gasteiger partial charge in [-0.15, -0.1) is 12.4 Å². The Bertz CT molecular complexity index is 506. The van der Waals surface area contributed by atoms with Gasteiger partial charge in [-0.2, -0.15) is 0 Å². The Kier molecular flexibility index (Phi) is 4.05. The minimum atomic E-state index is 0. The van der Waals surface area contributed by atoms with E-state index in [1.807, 2.05) is 6.07 Å². The Hall–Kier alpha value is -1.31. The van der Waals surface area contributed by atoms with Crippen LogP contribution in [0.4, 0.5) is 0 Å². The fourth-order valence-corrected chi connectivity index (χ4v) is 2.28. The monoisotopic (exact) mass is 259 g/mol. The van der Waals surface area contributed by atoms with Gasteiger partial charge in [0.15, 0.2) is 0 Å². The molecule has 0 aromatic heterocycles. The molecule has 2 aromatic rings. The third-order valence-electron chi connectivity index (χ3n) is 3.51. The van der Waals surface area contributed by atoms with Crippen LogP contribution in [-0.4, -0.2) is 0 Å². The van der Waals surface area contributed by atoms with Crippen molar-refractivity contribution in [2.45, 2.75) is 18.9 Å². The van der Waals surface area contributed by atoms with E-state index in [4.69, 9.17) is 5.73 Å². The van der Waals surface area contributed by atoms with E-state index in [9.17, 15) is 0 Å². The second-order valence-electron chi connectivity index (χ2n) is 4.85. The van der Waals surface area contributed by atoms with Gasteiger partial charge >= 0.3 is 0 Å². The van der Waals surface area contributed by atoms with E-state index in [-0.39, 0.29) is 18.4 Å². The zero-order valence-electron chi connectivity index (χ0n) is 10.3. The lowest BCUT2D eigenvalue weighted by molar-refractivity contribution is 0.634. The van der Waals surface area contributed by atoms with Crippen LogP contribution in [0.2, 0.25) is 0 Å². The van der Waals surface area contributed by atoms with Gasteiger partial charge < -0.3 is 5.73 Å². The number of hydrogen-bond donors (Lipinski definition) is 1. The maximum Gasteiger partial charge on any atom is 0.0323 e. The molecule has 3 rings (SSSR count). The summed E-state index contributed by atoms with van der Waals surface area (Å²) in [6.07, 6.45) is 2.58. The molecule has 2 aromatic carbocycles. The standard InChI is InChI=1S/C16H17N.ClH/c17-16(13-9-10-13)15-8-4-7-14(11-15)12-5-2-1-3-6-12;/h1-8,11,13,16H,9-10,17H2;1H/t16-;/m0./s1. The van der Waals surface area contributed by atoms with E-state index < -0.39 is 0 Å². The highest BCUT2D eigenvalue weighted by Crippen LogP contribution is 2.40. The molecule has 0 spiro atoms. The van der Waals surface area contributed by atoms with E-state index in [0.29, 0.717) is 5.92 Å². The van der Waals surface area contributed by atoms with E-state index in [2.05, 4.69) is 48.5 Å². The molecule has 2 N–H and O–H groups in total. The molecule has 1 fully saturated rings. The van der Waals surface area contributed by atoms with Crippen LogP contribution in [0.5, 0.6) is 0 Å². The Morgan fingerprint density at radius 3 is 2.22 bits per heavy atom. The molecule has 0 saturated heterocycles. The number of benzene rings is 2. The largest absolute Gasteiger partial charge is 0.324 e. The smallest absolute Gasteiger partial charge is 0.0323 e. The predicted octanol–water partition coefficient (Wildman–Crippen LogP) is 4.19. The molecule has 1 aliphatic rings. The maximum absolute atomic E-state index is 6.25. The molecule has 1 saturated carbocycles. The van der Waals surface area contributed by atoms with Gasteiger partial charge in [-0.3, -0.25) is 0 Å². The van der Waals surface area contributed by atoms with Gasteiger partial charge in [-0.25, -0.2) is 0 Å². The third-order valence-corrected chi connectivity index (χ3v) is 3.51. The van der Waals surface area contributed by atoms with Crippen LogP contribution in [0, 0.1) is 5.92 Å². The summed E-state index contributed by atoms with van der Waals surface area (Å²) in [5, 5.41) is 0. The average Bonchev–Trinajstić information content (AvgIpc) is 3.23. The van der Waals surface area contributed by atoms with Crippen LogP contribution in [0.1, 0.15) is 24.4 Å². The Morgan fingerprint density at radius 2 is 1.56 bits per heavy atom. The first-order chi connectivity index (χ1) is 8.34. The summed E-state index contributed by atoms with van der Waals surface area (Å²) in [6.45, 7) is 0. The summed E-state index contributed by atoms with van der Waals surface area (Å²) in [5.41, 5.74) is 10.0. The number of rotatable bonds is 3. The highest BCUT2D eigenvalue weighted by atomic mass is 35.5. The molecule has 0 unspecified atom stereocenters. The van der Waals surface area contributed by atoms with E-state index >= 15 is 0 Å². The van der Waals surface area contributed by atoms with Crippen molar-refractivity contribution in [1.82, 2.24) is 0 Å². The van der Waals surface area contributed by atoms with Gasteiger partial charge in [0.25, 0.3) is 0 Å². The normalized spacial score (nSPS) is 15.8. The summed E-state index contributed by atoms with van der Waals surface area (Å²) in [6, 6.07) is 19.3. The summed E-state index contributed by atoms with van der Waals surface area (Å²) >= 11 is 0. The van der Waals surface area contributed by atoms with Crippen molar-refractivity contribution in [1.29, 1.82) is 0 Å². The lowest BCUT2D eigenvalue weighted by Crippen LogP contribution is -2.12. The topological polar surface area (TPSA) is 26.0 Å². The Morgan fingerprint density at radius 1 is 0.889 bits per heavy atom. The molecule has 2 heteroatoms. The molecule has 0 radical (unpaired) electrons. The second-order valence-corrected chi connectivity index (χ2v) is 4.85. The highest BCUT2D eigenvalue weighted by molar-refractivity contribution is 5.85. The lowest BCUT2D eigenvalue weighted by Gasteiger charge is -2.12. The van der Waals surface area contributed by atoms with Crippen molar-refractivity contribution in [3.63, 3.8) is 0 Å². The van der Waals surface area contributed by atoms with Crippen molar-refractivity contribution in [2.24, 2.45) is 11.7 Å². The van der Waals surface area contributed by atoms with Crippen LogP contribution in [-0.2, 0) is 0 Å². The molecule has 0 aliphatic heterocycles. The van der Waals surface area contributed by atoms with Crippen molar-refractivity contribution < 1.29 is 0 Å². The average molecular weight is 260 g/mol. The van der Waals surface area contributed by atoms with Gasteiger partial charge in [-0.1, -0.05) is 48.5 Å². The summed E-state index contributed by atoms with van der Waals surface area (Å²) in [5.74, 6) is 0.709. The number of nitrogens with two attached hydrogens (primary N) is 1. The molecule has 1 nitrogen and oxygen atoms in total. The first-order valence-electron chi connectivity index (χ1n) is 6.25. The summed E-state index contributed by atoms with van der Waals surface area (Å²) in [7, 11) is 0. The van der Waals surface area contributed by atoms with Gasteiger partial charge in [0.05, 0.1) is 0 Å². The molecule has 1 atom stereocenters. The minimum absolute atomic E-state index is 0. The first-order valence-corrected chi connectivity index (χ1v) is 6.25. The fraction of sp³-hybridized carbons (Fsp3) is 0.250. The van der Waals surface area contributed by atoms with Gasteiger partial charge in [0, 0.05) is 6.04 Å². The van der Waals surface area contributed by atoms with Crippen molar-refractivity contribution in [2.75, 3.05) is 0 Å². The van der Waals surface area contributed by atoms with Crippen molar-refractivity contribution >= 4 is 12.4 Å². The SMILES string of the molecule is Cl.N[C@H](c1cccc(-c2ccccc2)c1)C1CC1.